The van der Waals surface area contributed by atoms with Gasteiger partial charge in [-0.1, -0.05) is 12.1 Å². The van der Waals surface area contributed by atoms with Crippen molar-refractivity contribution >= 4 is 23.2 Å². The van der Waals surface area contributed by atoms with Gasteiger partial charge in [0.2, 0.25) is 5.91 Å². The van der Waals surface area contributed by atoms with Crippen LogP contribution in [0.5, 0.6) is 5.75 Å². The van der Waals surface area contributed by atoms with Gasteiger partial charge in [0.1, 0.15) is 11.6 Å². The molecule has 0 aliphatic rings. The van der Waals surface area contributed by atoms with E-state index in [4.69, 9.17) is 4.74 Å². The van der Waals surface area contributed by atoms with E-state index in [9.17, 15) is 14.0 Å². The zero-order chi connectivity index (χ0) is 21.3. The minimum atomic E-state index is -0.313. The van der Waals surface area contributed by atoms with Crippen LogP contribution in [0.25, 0.3) is 0 Å². The number of rotatable bonds is 8. The molecular formula is C24H23FN2O3. The van der Waals surface area contributed by atoms with Crippen molar-refractivity contribution < 1.29 is 18.7 Å². The van der Waals surface area contributed by atoms with Gasteiger partial charge >= 0.3 is 0 Å². The number of halogens is 1. The van der Waals surface area contributed by atoms with Gasteiger partial charge < -0.3 is 15.4 Å². The Balaban J connectivity index is 1.51. The molecule has 2 N–H and O–H groups in total. The van der Waals surface area contributed by atoms with Gasteiger partial charge in [-0.15, -0.1) is 0 Å². The van der Waals surface area contributed by atoms with Gasteiger partial charge in [-0.2, -0.15) is 0 Å². The number of hydrogen-bond donors (Lipinski definition) is 2. The van der Waals surface area contributed by atoms with Crippen LogP contribution in [-0.2, 0) is 11.2 Å². The monoisotopic (exact) mass is 406 g/mol. The Hall–Kier alpha value is -3.67. The highest BCUT2D eigenvalue weighted by Crippen LogP contribution is 2.17. The van der Waals surface area contributed by atoms with Crippen LogP contribution in [0.4, 0.5) is 15.8 Å². The highest BCUT2D eigenvalue weighted by Gasteiger charge is 2.08. The van der Waals surface area contributed by atoms with Crippen LogP contribution < -0.4 is 15.4 Å². The molecule has 0 unspecified atom stereocenters. The van der Waals surface area contributed by atoms with Gasteiger partial charge in [0, 0.05) is 23.4 Å². The van der Waals surface area contributed by atoms with E-state index in [1.807, 2.05) is 6.92 Å². The maximum absolute atomic E-state index is 13.2. The molecule has 0 atom stereocenters. The van der Waals surface area contributed by atoms with Crippen LogP contribution in [0, 0.1) is 5.82 Å². The molecule has 2 amide bonds. The Labute approximate surface area is 174 Å². The molecule has 30 heavy (non-hydrogen) atoms. The topological polar surface area (TPSA) is 67.4 Å². The van der Waals surface area contributed by atoms with E-state index in [0.717, 1.165) is 11.3 Å². The molecule has 3 rings (SSSR count). The van der Waals surface area contributed by atoms with Gasteiger partial charge in [0.05, 0.1) is 6.61 Å². The van der Waals surface area contributed by atoms with Crippen LogP contribution in [0.2, 0.25) is 0 Å². The third kappa shape index (κ3) is 6.17. The molecule has 6 heteroatoms. The molecule has 0 radical (unpaired) electrons. The smallest absolute Gasteiger partial charge is 0.255 e. The fraction of sp³-hybridized carbons (Fsp3) is 0.167. The number of anilines is 2. The second-order valence-electron chi connectivity index (χ2n) is 6.67. The van der Waals surface area contributed by atoms with Crippen molar-refractivity contribution in [3.63, 3.8) is 0 Å². The molecule has 0 saturated carbocycles. The maximum Gasteiger partial charge on any atom is 0.255 e. The van der Waals surface area contributed by atoms with Crippen LogP contribution in [-0.4, -0.2) is 18.4 Å². The van der Waals surface area contributed by atoms with Gasteiger partial charge in [-0.3, -0.25) is 9.59 Å². The Morgan fingerprint density at radius 2 is 1.57 bits per heavy atom. The number of carbonyl (C=O) groups is 2. The zero-order valence-corrected chi connectivity index (χ0v) is 16.7. The van der Waals surface area contributed by atoms with E-state index in [2.05, 4.69) is 10.6 Å². The first-order chi connectivity index (χ1) is 14.5. The summed E-state index contributed by atoms with van der Waals surface area (Å²) in [6.07, 6.45) is 0.690. The van der Waals surface area contributed by atoms with Crippen molar-refractivity contribution in [2.45, 2.75) is 19.8 Å². The number of ether oxygens (including phenoxy) is 1. The molecule has 3 aromatic rings. The van der Waals surface area contributed by atoms with E-state index in [0.29, 0.717) is 30.0 Å². The Morgan fingerprint density at radius 3 is 2.23 bits per heavy atom. The predicted molar refractivity (Wildman–Crippen MR) is 115 cm³/mol. The number of hydrogen-bond acceptors (Lipinski definition) is 3. The van der Waals surface area contributed by atoms with E-state index in [1.54, 1.807) is 60.7 Å². The van der Waals surface area contributed by atoms with Gasteiger partial charge in [-0.25, -0.2) is 4.39 Å². The largest absolute Gasteiger partial charge is 0.494 e. The summed E-state index contributed by atoms with van der Waals surface area (Å²) < 4.78 is 18.6. The van der Waals surface area contributed by atoms with Gasteiger partial charge in [0.25, 0.3) is 5.91 Å². The summed E-state index contributed by atoms with van der Waals surface area (Å²) in [6, 6.07) is 20.0. The fourth-order valence-electron chi connectivity index (χ4n) is 2.88. The SMILES string of the molecule is CCOc1ccc(NC(=O)c2ccc(NC(=O)CCc3cccc(F)c3)cc2)cc1. The molecule has 0 saturated heterocycles. The molecular weight excluding hydrogens is 383 g/mol. The second-order valence-corrected chi connectivity index (χ2v) is 6.67. The molecule has 154 valence electrons. The average molecular weight is 406 g/mol. The molecule has 0 aliphatic carbocycles. The van der Waals surface area contributed by atoms with E-state index in [-0.39, 0.29) is 24.1 Å². The predicted octanol–water partition coefficient (Wildman–Crippen LogP) is 5.05. The first-order valence-corrected chi connectivity index (χ1v) is 9.72. The molecule has 5 nitrogen and oxygen atoms in total. The van der Waals surface area contributed by atoms with E-state index < -0.39 is 0 Å². The Kier molecular flexibility index (Phi) is 7.16. The third-order valence-corrected chi connectivity index (χ3v) is 4.38. The van der Waals surface area contributed by atoms with Crippen molar-refractivity contribution in [3.8, 4) is 5.75 Å². The van der Waals surface area contributed by atoms with Gasteiger partial charge in [0.15, 0.2) is 0 Å². The maximum atomic E-state index is 13.2. The van der Waals surface area contributed by atoms with Gasteiger partial charge in [-0.05, 0) is 79.6 Å². The van der Waals surface area contributed by atoms with Crippen molar-refractivity contribution in [2.24, 2.45) is 0 Å². The van der Waals surface area contributed by atoms with Crippen LogP contribution in [0.15, 0.2) is 72.8 Å². The van der Waals surface area contributed by atoms with Crippen LogP contribution in [0.1, 0.15) is 29.3 Å². The molecule has 0 bridgehead atoms. The lowest BCUT2D eigenvalue weighted by Gasteiger charge is -2.09. The molecule has 0 aromatic heterocycles. The van der Waals surface area contributed by atoms with Crippen LogP contribution >= 0.6 is 0 Å². The summed E-state index contributed by atoms with van der Waals surface area (Å²) in [5, 5.41) is 5.60. The summed E-state index contributed by atoms with van der Waals surface area (Å²) >= 11 is 0. The minimum absolute atomic E-state index is 0.175. The Bertz CT molecular complexity index is 1000. The molecule has 0 heterocycles. The molecule has 0 spiro atoms. The summed E-state index contributed by atoms with van der Waals surface area (Å²) in [4.78, 5) is 24.5. The van der Waals surface area contributed by atoms with Crippen molar-refractivity contribution in [3.05, 3.63) is 89.7 Å². The van der Waals surface area contributed by atoms with Crippen LogP contribution in [0.3, 0.4) is 0 Å². The summed E-state index contributed by atoms with van der Waals surface area (Å²) in [5.41, 5.74) is 2.50. The lowest BCUT2D eigenvalue weighted by Crippen LogP contribution is -2.14. The summed E-state index contributed by atoms with van der Waals surface area (Å²) in [5.74, 6) is 0.00833. The lowest BCUT2D eigenvalue weighted by molar-refractivity contribution is -0.116. The first-order valence-electron chi connectivity index (χ1n) is 9.72. The second kappa shape index (κ2) is 10.2. The summed E-state index contributed by atoms with van der Waals surface area (Å²) in [6.45, 7) is 2.49. The number of carbonyl (C=O) groups excluding carboxylic acids is 2. The number of nitrogens with one attached hydrogen (secondary N) is 2. The standard InChI is InChI=1S/C24H23FN2O3/c1-2-30-22-13-11-21(12-14-22)27-24(29)18-7-9-20(10-8-18)26-23(28)15-6-17-4-3-5-19(25)16-17/h3-5,7-14,16H,2,6,15H2,1H3,(H,26,28)(H,27,29). The first kappa shape index (κ1) is 21.0. The fourth-order valence-corrected chi connectivity index (χ4v) is 2.88. The molecule has 3 aromatic carbocycles. The zero-order valence-electron chi connectivity index (χ0n) is 16.7. The number of aryl methyl sites for hydroxylation is 1. The highest BCUT2D eigenvalue weighted by molar-refractivity contribution is 6.04. The number of benzene rings is 3. The molecule has 0 aliphatic heterocycles. The minimum Gasteiger partial charge on any atom is -0.494 e. The highest BCUT2D eigenvalue weighted by atomic mass is 19.1. The lowest BCUT2D eigenvalue weighted by atomic mass is 10.1. The Morgan fingerprint density at radius 1 is 0.900 bits per heavy atom. The quantitative estimate of drug-likeness (QED) is 0.550. The van der Waals surface area contributed by atoms with E-state index >= 15 is 0 Å². The van der Waals surface area contributed by atoms with Crippen molar-refractivity contribution in [1.82, 2.24) is 0 Å². The van der Waals surface area contributed by atoms with Crippen molar-refractivity contribution in [2.75, 3.05) is 17.2 Å². The number of amides is 2. The molecule has 0 fully saturated rings. The normalized spacial score (nSPS) is 10.3. The third-order valence-electron chi connectivity index (χ3n) is 4.38. The summed E-state index contributed by atoms with van der Waals surface area (Å²) in [7, 11) is 0. The average Bonchev–Trinajstić information content (AvgIpc) is 2.74. The van der Waals surface area contributed by atoms with E-state index in [1.165, 1.54) is 12.1 Å². The van der Waals surface area contributed by atoms with Crippen molar-refractivity contribution in [1.29, 1.82) is 0 Å².